The third kappa shape index (κ3) is 91.9. The zero-order valence-corrected chi connectivity index (χ0v) is 9.85. The topological polar surface area (TPSA) is 86.2 Å². The second-order valence-electron chi connectivity index (χ2n) is 0.447. The van der Waals surface area contributed by atoms with Gasteiger partial charge in [0, 0.05) is 0 Å². The number of hydrogen-bond donors (Lipinski definition) is 0. The molecule has 7 heavy (non-hydrogen) atoms. The minimum absolute atomic E-state index is 0. The molecule has 0 amide bonds. The molecular formula is GaInO4P+3. The molecule has 0 N–H and O–H groups in total. The standard InChI is InChI=1S/Ga.In.H3O4P/c;;1-5(2,3)4/h;;(H3,1,2,3,4)/q2*+3;/p-3. The van der Waals surface area contributed by atoms with Crippen molar-refractivity contribution in [2.45, 2.75) is 0 Å². The molecule has 0 saturated heterocycles. The molecule has 0 aliphatic heterocycles. The van der Waals surface area contributed by atoms with E-state index in [1.165, 1.54) is 0 Å². The Morgan fingerprint density at radius 2 is 1.14 bits per heavy atom. The van der Waals surface area contributed by atoms with E-state index in [2.05, 4.69) is 0 Å². The van der Waals surface area contributed by atoms with Crippen LogP contribution in [0.4, 0.5) is 0 Å². The first-order valence-electron chi connectivity index (χ1n) is 0.730. The molecule has 32 valence electrons. The SMILES string of the molecule is O=P([O-])([O-])[O-].[Ga+3].[In+3]. The Morgan fingerprint density at radius 1 is 1.14 bits per heavy atom. The van der Waals surface area contributed by atoms with Crippen LogP contribution in [-0.2, 0) is 4.57 Å². The smallest absolute Gasteiger partial charge is 0.822 e. The minimum Gasteiger partial charge on any atom is -0.822 e. The summed E-state index contributed by atoms with van der Waals surface area (Å²) in [5.41, 5.74) is 0. The van der Waals surface area contributed by atoms with Crippen LogP contribution in [0.2, 0.25) is 0 Å². The van der Waals surface area contributed by atoms with Gasteiger partial charge in [-0.1, -0.05) is 0 Å². The summed E-state index contributed by atoms with van der Waals surface area (Å²) in [5.74, 6) is 0. The summed E-state index contributed by atoms with van der Waals surface area (Å²) in [6, 6.07) is 0. The van der Waals surface area contributed by atoms with Gasteiger partial charge in [0.05, 0.1) is 0 Å². The normalized spacial score (nSPS) is 8.43. The average molecular weight is 280 g/mol. The fraction of sp³-hybridized carbons (Fsp3) is 0. The molecule has 0 spiro atoms. The Labute approximate surface area is 72.4 Å². The van der Waals surface area contributed by atoms with E-state index in [0.29, 0.717) is 0 Å². The molecule has 0 aromatic rings. The molecule has 0 aromatic heterocycles. The predicted molar refractivity (Wildman–Crippen MR) is 19.1 cm³/mol. The Bertz CT molecular complexity index is 57.8. The summed E-state index contributed by atoms with van der Waals surface area (Å²) in [6.45, 7) is 0. The minimum atomic E-state index is -5.39. The first-order chi connectivity index (χ1) is 2.00. The average Bonchev–Trinajstić information content (AvgIpc) is 0.722. The van der Waals surface area contributed by atoms with Crippen molar-refractivity contribution in [1.82, 2.24) is 0 Å². The van der Waals surface area contributed by atoms with Crippen molar-refractivity contribution in [2.24, 2.45) is 0 Å². The van der Waals surface area contributed by atoms with Crippen molar-refractivity contribution in [3.05, 3.63) is 0 Å². The van der Waals surface area contributed by atoms with Gasteiger partial charge < -0.3 is 19.2 Å². The van der Waals surface area contributed by atoms with Crippen molar-refractivity contribution in [1.29, 1.82) is 0 Å². The maximum Gasteiger partial charge on any atom is 3.00 e. The van der Waals surface area contributed by atoms with E-state index in [9.17, 15) is 0 Å². The molecule has 0 bridgehead atoms. The maximum atomic E-state index is 8.55. The molecule has 0 heterocycles. The molecule has 7 heteroatoms. The summed E-state index contributed by atoms with van der Waals surface area (Å²) in [7, 11) is -5.39. The van der Waals surface area contributed by atoms with Gasteiger partial charge in [-0.15, -0.1) is 0 Å². The number of rotatable bonds is 0. The zero-order chi connectivity index (χ0) is 4.50. The summed E-state index contributed by atoms with van der Waals surface area (Å²) < 4.78 is 8.55. The Hall–Kier alpha value is 1.62. The van der Waals surface area contributed by atoms with Crippen LogP contribution in [0.5, 0.6) is 0 Å². The third-order valence-corrected chi connectivity index (χ3v) is 0. The van der Waals surface area contributed by atoms with Crippen molar-refractivity contribution in [3.8, 4) is 0 Å². The molecule has 0 saturated carbocycles. The number of phosphoric acid groups is 1. The van der Waals surface area contributed by atoms with Gasteiger partial charge in [-0.3, -0.25) is 0 Å². The second-order valence-corrected chi connectivity index (χ2v) is 1.34. The van der Waals surface area contributed by atoms with Gasteiger partial charge in [-0.25, -0.2) is 0 Å². The van der Waals surface area contributed by atoms with Gasteiger partial charge in [0.2, 0.25) is 0 Å². The first-order valence-corrected chi connectivity index (χ1v) is 2.19. The molecule has 4 nitrogen and oxygen atoms in total. The third-order valence-electron chi connectivity index (χ3n) is 0. The van der Waals surface area contributed by atoms with Gasteiger partial charge >= 0.3 is 45.6 Å². The quantitative estimate of drug-likeness (QED) is 0.339. The summed E-state index contributed by atoms with van der Waals surface area (Å²) in [5, 5.41) is 0. The largest absolute Gasteiger partial charge is 3.00 e. The fourth-order valence-electron chi connectivity index (χ4n) is 0. The van der Waals surface area contributed by atoms with Crippen molar-refractivity contribution in [2.75, 3.05) is 0 Å². The van der Waals surface area contributed by atoms with Crippen LogP contribution in [0, 0.1) is 0 Å². The van der Waals surface area contributed by atoms with Crippen LogP contribution in [0.25, 0.3) is 0 Å². The monoisotopic (exact) mass is 279 g/mol. The molecule has 0 fully saturated rings. The predicted octanol–water partition coefficient (Wildman–Crippen LogP) is -3.59. The van der Waals surface area contributed by atoms with Crippen LogP contribution < -0.4 is 14.7 Å². The summed E-state index contributed by atoms with van der Waals surface area (Å²) >= 11 is 0. The van der Waals surface area contributed by atoms with Gasteiger partial charge in [0.15, 0.2) is 0 Å². The van der Waals surface area contributed by atoms with E-state index >= 15 is 0 Å². The zero-order valence-electron chi connectivity index (χ0n) is 3.23. The van der Waals surface area contributed by atoms with Crippen LogP contribution in [0.1, 0.15) is 0 Å². The van der Waals surface area contributed by atoms with Gasteiger partial charge in [-0.05, 0) is 0 Å². The molecule has 0 atom stereocenters. The van der Waals surface area contributed by atoms with Crippen molar-refractivity contribution < 1.29 is 19.2 Å². The molecule has 0 radical (unpaired) electrons. The first kappa shape index (κ1) is 15.8. The van der Waals surface area contributed by atoms with Gasteiger partial charge in [0.1, 0.15) is 0 Å². The van der Waals surface area contributed by atoms with Gasteiger partial charge in [0.25, 0.3) is 0 Å². The van der Waals surface area contributed by atoms with Gasteiger partial charge in [-0.2, -0.15) is 7.82 Å². The van der Waals surface area contributed by atoms with Crippen molar-refractivity contribution >= 4 is 53.5 Å². The Balaban J connectivity index is -0.0000000800. The van der Waals surface area contributed by atoms with E-state index in [1.807, 2.05) is 0 Å². The fourth-order valence-corrected chi connectivity index (χ4v) is 0. The molecular weight excluding hydrogens is 280 g/mol. The number of hydrogen-bond acceptors (Lipinski definition) is 4. The van der Waals surface area contributed by atoms with Crippen LogP contribution in [0.15, 0.2) is 0 Å². The second kappa shape index (κ2) is 5.75. The van der Waals surface area contributed by atoms with E-state index < -0.39 is 7.82 Å². The molecule has 0 aliphatic rings. The van der Waals surface area contributed by atoms with E-state index in [4.69, 9.17) is 19.2 Å². The Morgan fingerprint density at radius 3 is 1.14 bits per heavy atom. The van der Waals surface area contributed by atoms with E-state index in [0.717, 1.165) is 0 Å². The molecule has 0 rings (SSSR count). The van der Waals surface area contributed by atoms with E-state index in [1.54, 1.807) is 0 Å². The molecule has 0 aromatic carbocycles. The molecule has 0 unspecified atom stereocenters. The van der Waals surface area contributed by atoms with E-state index in [-0.39, 0.29) is 45.6 Å². The van der Waals surface area contributed by atoms with Crippen molar-refractivity contribution in [3.63, 3.8) is 0 Å². The van der Waals surface area contributed by atoms with Crippen LogP contribution in [0.3, 0.4) is 0 Å². The molecule has 0 aliphatic carbocycles. The van der Waals surface area contributed by atoms with Crippen LogP contribution >= 0.6 is 7.82 Å². The van der Waals surface area contributed by atoms with Crippen LogP contribution in [-0.4, -0.2) is 45.6 Å². The Kier molecular flexibility index (Phi) is 13.0. The summed E-state index contributed by atoms with van der Waals surface area (Å²) in [4.78, 5) is 25.6. The maximum absolute atomic E-state index is 8.55. The summed E-state index contributed by atoms with van der Waals surface area (Å²) in [6.07, 6.45) is 0.